The van der Waals surface area contributed by atoms with Crippen molar-refractivity contribution in [3.05, 3.63) is 22.6 Å². The second-order valence-electron chi connectivity index (χ2n) is 4.67. The van der Waals surface area contributed by atoms with E-state index >= 15 is 0 Å². The Kier molecular flexibility index (Phi) is 3.72. The Hall–Kier alpha value is -0.320. The molecular weight excluding hydrogens is 270 g/mol. The quantitative estimate of drug-likeness (QED) is 0.927. The van der Waals surface area contributed by atoms with E-state index in [0.29, 0.717) is 0 Å². The fourth-order valence-corrected chi connectivity index (χ4v) is 2.71. The first-order valence-electron chi connectivity index (χ1n) is 5.69. The Bertz CT molecular complexity index is 345. The second kappa shape index (κ2) is 4.90. The molecule has 0 aliphatic carbocycles. The summed E-state index contributed by atoms with van der Waals surface area (Å²) < 4.78 is 11.9. The van der Waals surface area contributed by atoms with Crippen LogP contribution in [0.5, 0.6) is 0 Å². The molecule has 90 valence electrons. The highest BCUT2D eigenvalue weighted by molar-refractivity contribution is 9.10. The summed E-state index contributed by atoms with van der Waals surface area (Å²) >= 11 is 3.49. The van der Waals surface area contributed by atoms with Gasteiger partial charge in [0.1, 0.15) is 5.76 Å². The molecule has 0 aromatic carbocycles. The van der Waals surface area contributed by atoms with E-state index < -0.39 is 0 Å². The smallest absolute Gasteiger partial charge is 0.134 e. The lowest BCUT2D eigenvalue weighted by atomic mass is 9.91. The van der Waals surface area contributed by atoms with Gasteiger partial charge in [0.15, 0.2) is 0 Å². The molecule has 0 amide bonds. The summed E-state index contributed by atoms with van der Waals surface area (Å²) in [5.74, 6) is 0.965. The molecule has 1 aromatic heterocycles. The Labute approximate surface area is 105 Å². The van der Waals surface area contributed by atoms with Crippen molar-refractivity contribution < 1.29 is 9.15 Å². The molecule has 0 spiro atoms. The first-order chi connectivity index (χ1) is 7.61. The fourth-order valence-electron chi connectivity index (χ4n) is 2.17. The maximum atomic E-state index is 5.47. The number of nitrogens with one attached hydrogen (secondary N) is 1. The van der Waals surface area contributed by atoms with Crippen LogP contribution in [0.1, 0.15) is 38.5 Å². The van der Waals surface area contributed by atoms with Crippen LogP contribution >= 0.6 is 15.9 Å². The second-order valence-corrected chi connectivity index (χ2v) is 5.53. The maximum Gasteiger partial charge on any atom is 0.134 e. The summed E-state index contributed by atoms with van der Waals surface area (Å²) in [7, 11) is 0. The van der Waals surface area contributed by atoms with E-state index in [9.17, 15) is 0 Å². The van der Waals surface area contributed by atoms with Crippen LogP contribution < -0.4 is 5.32 Å². The predicted octanol–water partition coefficient (Wildman–Crippen LogP) is 3.26. The minimum absolute atomic E-state index is 0.157. The van der Waals surface area contributed by atoms with Crippen molar-refractivity contribution in [2.24, 2.45) is 0 Å². The highest BCUT2D eigenvalue weighted by Gasteiger charge is 2.29. The van der Waals surface area contributed by atoms with Crippen LogP contribution in [-0.4, -0.2) is 18.8 Å². The van der Waals surface area contributed by atoms with Crippen molar-refractivity contribution in [1.29, 1.82) is 0 Å². The molecule has 1 atom stereocenters. The van der Waals surface area contributed by atoms with Gasteiger partial charge in [-0.3, -0.25) is 0 Å². The molecule has 1 fully saturated rings. The van der Waals surface area contributed by atoms with Gasteiger partial charge in [0.25, 0.3) is 0 Å². The molecule has 3 nitrogen and oxygen atoms in total. The van der Waals surface area contributed by atoms with Gasteiger partial charge in [0, 0.05) is 18.8 Å². The average Bonchev–Trinajstić information content (AvgIpc) is 2.65. The molecule has 1 saturated heterocycles. The van der Waals surface area contributed by atoms with Crippen LogP contribution in [0.3, 0.4) is 0 Å². The monoisotopic (exact) mass is 287 g/mol. The van der Waals surface area contributed by atoms with E-state index in [1.807, 2.05) is 6.07 Å². The number of furan rings is 1. The van der Waals surface area contributed by atoms with Gasteiger partial charge in [-0.05, 0) is 48.7 Å². The molecule has 1 aliphatic heterocycles. The van der Waals surface area contributed by atoms with Crippen LogP contribution in [0.15, 0.2) is 21.2 Å². The van der Waals surface area contributed by atoms with E-state index in [1.54, 1.807) is 6.26 Å². The van der Waals surface area contributed by atoms with Crippen LogP contribution in [0, 0.1) is 0 Å². The number of ether oxygens (including phenoxy) is 1. The fraction of sp³-hybridized carbons (Fsp3) is 0.667. The lowest BCUT2D eigenvalue weighted by Gasteiger charge is -2.36. The highest BCUT2D eigenvalue weighted by atomic mass is 79.9. The van der Waals surface area contributed by atoms with Crippen LogP contribution in [0.25, 0.3) is 0 Å². The van der Waals surface area contributed by atoms with Crippen molar-refractivity contribution in [2.45, 2.75) is 38.3 Å². The normalized spacial score (nSPS) is 21.9. The number of hydrogen-bond donors (Lipinski definition) is 1. The van der Waals surface area contributed by atoms with Gasteiger partial charge in [-0.15, -0.1) is 0 Å². The van der Waals surface area contributed by atoms with Crippen molar-refractivity contribution in [3.8, 4) is 0 Å². The van der Waals surface area contributed by atoms with Crippen molar-refractivity contribution in [2.75, 3.05) is 13.2 Å². The van der Waals surface area contributed by atoms with Gasteiger partial charge in [0.2, 0.25) is 0 Å². The van der Waals surface area contributed by atoms with Crippen molar-refractivity contribution in [1.82, 2.24) is 5.32 Å². The number of halogens is 1. The van der Waals surface area contributed by atoms with Crippen LogP contribution in [0.4, 0.5) is 0 Å². The third-order valence-corrected chi connectivity index (χ3v) is 3.85. The summed E-state index contributed by atoms with van der Waals surface area (Å²) in [6, 6.07) is 2.15. The van der Waals surface area contributed by atoms with E-state index in [-0.39, 0.29) is 11.6 Å². The Morgan fingerprint density at radius 1 is 1.44 bits per heavy atom. The summed E-state index contributed by atoms with van der Waals surface area (Å²) in [6.07, 6.45) is 3.81. The lowest BCUT2D eigenvalue weighted by Crippen LogP contribution is -2.47. The van der Waals surface area contributed by atoms with Gasteiger partial charge in [0.05, 0.1) is 16.8 Å². The maximum absolute atomic E-state index is 5.47. The molecule has 1 aliphatic rings. The summed E-state index contributed by atoms with van der Waals surface area (Å²) in [5.41, 5.74) is 0.157. The molecule has 0 saturated carbocycles. The molecule has 1 aromatic rings. The van der Waals surface area contributed by atoms with Crippen LogP contribution in [-0.2, 0) is 4.74 Å². The summed E-state index contributed by atoms with van der Waals surface area (Å²) in [4.78, 5) is 0. The van der Waals surface area contributed by atoms with Crippen molar-refractivity contribution in [3.63, 3.8) is 0 Å². The molecule has 1 unspecified atom stereocenters. The predicted molar refractivity (Wildman–Crippen MR) is 66.4 cm³/mol. The van der Waals surface area contributed by atoms with Gasteiger partial charge >= 0.3 is 0 Å². The number of rotatable bonds is 3. The highest BCUT2D eigenvalue weighted by Crippen LogP contribution is 2.28. The molecule has 2 heterocycles. The molecule has 16 heavy (non-hydrogen) atoms. The van der Waals surface area contributed by atoms with E-state index in [0.717, 1.165) is 36.3 Å². The SMILES string of the molecule is CC(NC1(C)CCOCC1)c1occc1Br. The molecule has 0 radical (unpaired) electrons. The largest absolute Gasteiger partial charge is 0.466 e. The standard InChI is InChI=1S/C12H18BrNO2/c1-9(11-10(13)3-6-16-11)14-12(2)4-7-15-8-5-12/h3,6,9,14H,4-5,7-8H2,1-2H3. The Morgan fingerprint density at radius 3 is 2.69 bits per heavy atom. The topological polar surface area (TPSA) is 34.4 Å². The summed E-state index contributed by atoms with van der Waals surface area (Å²) in [6.45, 7) is 6.07. The van der Waals surface area contributed by atoms with Gasteiger partial charge < -0.3 is 14.5 Å². The van der Waals surface area contributed by atoms with Gasteiger partial charge in [-0.2, -0.15) is 0 Å². The average molecular weight is 288 g/mol. The third kappa shape index (κ3) is 2.67. The zero-order valence-corrected chi connectivity index (χ0v) is 11.3. The number of hydrogen-bond acceptors (Lipinski definition) is 3. The minimum atomic E-state index is 0.157. The van der Waals surface area contributed by atoms with Crippen LogP contribution in [0.2, 0.25) is 0 Å². The molecule has 0 bridgehead atoms. The Balaban J connectivity index is 2.01. The zero-order chi connectivity index (χ0) is 11.6. The zero-order valence-electron chi connectivity index (χ0n) is 9.75. The van der Waals surface area contributed by atoms with E-state index in [1.165, 1.54) is 0 Å². The third-order valence-electron chi connectivity index (χ3n) is 3.20. The Morgan fingerprint density at radius 2 is 2.12 bits per heavy atom. The summed E-state index contributed by atoms with van der Waals surface area (Å²) in [5, 5.41) is 3.63. The lowest BCUT2D eigenvalue weighted by molar-refractivity contribution is 0.0402. The van der Waals surface area contributed by atoms with Gasteiger partial charge in [-0.1, -0.05) is 0 Å². The minimum Gasteiger partial charge on any atom is -0.466 e. The van der Waals surface area contributed by atoms with E-state index in [4.69, 9.17) is 9.15 Å². The van der Waals surface area contributed by atoms with Crippen molar-refractivity contribution >= 4 is 15.9 Å². The first kappa shape index (κ1) is 12.1. The molecule has 4 heteroatoms. The van der Waals surface area contributed by atoms with Gasteiger partial charge in [-0.25, -0.2) is 0 Å². The first-order valence-corrected chi connectivity index (χ1v) is 6.48. The molecule has 2 rings (SSSR count). The molecule has 1 N–H and O–H groups in total. The molecular formula is C12H18BrNO2. The van der Waals surface area contributed by atoms with E-state index in [2.05, 4.69) is 35.1 Å².